The summed E-state index contributed by atoms with van der Waals surface area (Å²) in [4.78, 5) is 19.6. The van der Waals surface area contributed by atoms with Crippen LogP contribution in [-0.2, 0) is 4.79 Å². The van der Waals surface area contributed by atoms with Crippen molar-refractivity contribution < 1.29 is 4.79 Å². The second kappa shape index (κ2) is 9.34. The van der Waals surface area contributed by atoms with Crippen LogP contribution in [0.2, 0.25) is 0 Å². The first-order valence-corrected chi connectivity index (χ1v) is 12.3. The van der Waals surface area contributed by atoms with E-state index in [0.29, 0.717) is 5.82 Å². The Bertz CT molecular complexity index is 1300. The van der Waals surface area contributed by atoms with E-state index in [1.54, 1.807) is 16.0 Å². The number of amides is 1. The van der Waals surface area contributed by atoms with E-state index in [-0.39, 0.29) is 11.8 Å². The molecule has 5 rings (SSSR count). The summed E-state index contributed by atoms with van der Waals surface area (Å²) in [5.74, 6) is 1.58. The molecular weight excluding hydrogens is 446 g/mol. The summed E-state index contributed by atoms with van der Waals surface area (Å²) in [7, 11) is 0. The van der Waals surface area contributed by atoms with Crippen LogP contribution in [0.3, 0.4) is 0 Å². The van der Waals surface area contributed by atoms with Gasteiger partial charge < -0.3 is 10.2 Å². The highest BCUT2D eigenvalue weighted by Crippen LogP contribution is 2.26. The summed E-state index contributed by atoms with van der Waals surface area (Å²) >= 11 is 1.62. The van der Waals surface area contributed by atoms with Gasteiger partial charge in [-0.1, -0.05) is 12.1 Å². The Morgan fingerprint density at radius 1 is 1.03 bits per heavy atom. The molecule has 0 bridgehead atoms. The first kappa shape index (κ1) is 22.2. The Hall–Kier alpha value is -3.59. The zero-order valence-corrected chi connectivity index (χ0v) is 20.3. The van der Waals surface area contributed by atoms with Crippen molar-refractivity contribution in [1.82, 2.24) is 25.0 Å². The predicted octanol–water partition coefficient (Wildman–Crippen LogP) is 4.57. The molecule has 174 valence electrons. The Morgan fingerprint density at radius 2 is 1.79 bits per heavy atom. The molecule has 34 heavy (non-hydrogen) atoms. The van der Waals surface area contributed by atoms with Crippen LogP contribution in [0.1, 0.15) is 29.2 Å². The third-order valence-electron chi connectivity index (χ3n) is 6.10. The first-order valence-electron chi connectivity index (χ1n) is 11.4. The van der Waals surface area contributed by atoms with Gasteiger partial charge in [-0.15, -0.1) is 21.5 Å². The van der Waals surface area contributed by atoms with Gasteiger partial charge in [0.2, 0.25) is 5.91 Å². The van der Waals surface area contributed by atoms with Gasteiger partial charge in [-0.05, 0) is 63.9 Å². The number of hydrogen-bond acceptors (Lipinski definition) is 7. The fourth-order valence-electron chi connectivity index (χ4n) is 4.33. The molecule has 1 saturated heterocycles. The first-order chi connectivity index (χ1) is 16.5. The molecule has 9 heteroatoms. The molecule has 8 nitrogen and oxygen atoms in total. The number of benzene rings is 1. The Kier molecular flexibility index (Phi) is 6.10. The third kappa shape index (κ3) is 4.70. The highest BCUT2D eigenvalue weighted by molar-refractivity contribution is 7.09. The lowest BCUT2D eigenvalue weighted by atomic mass is 9.95. The average Bonchev–Trinajstić information content (AvgIpc) is 3.44. The monoisotopic (exact) mass is 473 g/mol. The Morgan fingerprint density at radius 3 is 2.44 bits per heavy atom. The Balaban J connectivity index is 1.18. The van der Waals surface area contributed by atoms with Crippen molar-refractivity contribution in [3.63, 3.8) is 0 Å². The molecule has 0 radical (unpaired) electrons. The zero-order valence-electron chi connectivity index (χ0n) is 19.5. The van der Waals surface area contributed by atoms with Crippen LogP contribution in [0, 0.1) is 26.7 Å². The van der Waals surface area contributed by atoms with Gasteiger partial charge in [0, 0.05) is 41.3 Å². The van der Waals surface area contributed by atoms with Crippen molar-refractivity contribution in [2.75, 3.05) is 23.3 Å². The quantitative estimate of drug-likeness (QED) is 0.457. The van der Waals surface area contributed by atoms with Crippen LogP contribution in [-0.4, -0.2) is 44.0 Å². The van der Waals surface area contributed by atoms with Gasteiger partial charge >= 0.3 is 0 Å². The summed E-state index contributed by atoms with van der Waals surface area (Å²) in [6.07, 6.45) is 1.55. The predicted molar refractivity (Wildman–Crippen MR) is 134 cm³/mol. The van der Waals surface area contributed by atoms with Gasteiger partial charge in [-0.3, -0.25) is 4.79 Å². The van der Waals surface area contributed by atoms with E-state index >= 15 is 0 Å². The second-order valence-electron chi connectivity index (χ2n) is 8.67. The van der Waals surface area contributed by atoms with Gasteiger partial charge in [0.1, 0.15) is 0 Å². The fraction of sp³-hybridized carbons (Fsp3) is 0.320. The standard InChI is InChI=1S/C25H27N7OS/c1-16-13-17(2)32(30-16)24-8-7-23(28-29-24)31-11-9-19(10-12-31)25(33)27-21-6-4-5-20(14-21)22-15-34-18(3)26-22/h4-8,13-15,19H,9-12H2,1-3H3,(H,27,33). The van der Waals surface area contributed by atoms with Crippen molar-refractivity contribution in [2.24, 2.45) is 5.92 Å². The van der Waals surface area contributed by atoms with Gasteiger partial charge in [-0.2, -0.15) is 5.10 Å². The normalized spacial score (nSPS) is 14.4. The molecule has 1 aliphatic heterocycles. The van der Waals surface area contributed by atoms with Crippen LogP contribution < -0.4 is 10.2 Å². The maximum atomic E-state index is 12.9. The fourth-order valence-corrected chi connectivity index (χ4v) is 4.95. The van der Waals surface area contributed by atoms with E-state index in [1.807, 2.05) is 68.6 Å². The van der Waals surface area contributed by atoms with Gasteiger partial charge in [0.15, 0.2) is 11.6 Å². The molecule has 4 aromatic rings. The highest BCUT2D eigenvalue weighted by atomic mass is 32.1. The van der Waals surface area contributed by atoms with Crippen molar-refractivity contribution >= 4 is 28.7 Å². The lowest BCUT2D eigenvalue weighted by molar-refractivity contribution is -0.120. The summed E-state index contributed by atoms with van der Waals surface area (Å²) < 4.78 is 1.80. The number of anilines is 2. The number of thiazole rings is 1. The van der Waals surface area contributed by atoms with Crippen molar-refractivity contribution in [3.05, 3.63) is 64.2 Å². The van der Waals surface area contributed by atoms with E-state index in [4.69, 9.17) is 0 Å². The SMILES string of the molecule is Cc1cc(C)n(-c2ccc(N3CCC(C(=O)Nc4cccc(-c5csc(C)n5)c4)CC3)nn2)n1. The topological polar surface area (TPSA) is 88.8 Å². The van der Waals surface area contributed by atoms with Crippen LogP contribution in [0.5, 0.6) is 0 Å². The summed E-state index contributed by atoms with van der Waals surface area (Å²) in [6, 6.07) is 13.8. The number of nitrogens with zero attached hydrogens (tertiary/aromatic N) is 6. The lowest BCUT2D eigenvalue weighted by Crippen LogP contribution is -2.38. The summed E-state index contributed by atoms with van der Waals surface area (Å²) in [5.41, 5.74) is 4.74. The molecule has 4 heterocycles. The molecule has 0 spiro atoms. The largest absolute Gasteiger partial charge is 0.355 e. The van der Waals surface area contributed by atoms with Gasteiger partial charge in [-0.25, -0.2) is 9.67 Å². The second-order valence-corrected chi connectivity index (χ2v) is 9.73. The number of rotatable bonds is 5. The van der Waals surface area contributed by atoms with Crippen LogP contribution in [0.15, 0.2) is 47.8 Å². The number of nitrogens with one attached hydrogen (secondary N) is 1. The molecule has 0 atom stereocenters. The maximum absolute atomic E-state index is 12.9. The van der Waals surface area contributed by atoms with Crippen molar-refractivity contribution in [3.8, 4) is 17.1 Å². The molecule has 3 aromatic heterocycles. The summed E-state index contributed by atoms with van der Waals surface area (Å²) in [6.45, 7) is 7.49. The molecule has 0 saturated carbocycles. The minimum atomic E-state index is -0.0247. The number of carbonyl (C=O) groups excluding carboxylic acids is 1. The van der Waals surface area contributed by atoms with Crippen LogP contribution in [0.25, 0.3) is 17.1 Å². The molecule has 1 aromatic carbocycles. The van der Waals surface area contributed by atoms with Crippen molar-refractivity contribution in [2.45, 2.75) is 33.6 Å². The smallest absolute Gasteiger partial charge is 0.227 e. The van der Waals surface area contributed by atoms with Crippen LogP contribution in [0.4, 0.5) is 11.5 Å². The molecule has 1 amide bonds. The number of piperidine rings is 1. The number of carbonyl (C=O) groups is 1. The van der Waals surface area contributed by atoms with E-state index in [1.165, 1.54) is 0 Å². The minimum absolute atomic E-state index is 0.0247. The number of aryl methyl sites for hydroxylation is 3. The molecular formula is C25H27N7OS. The Labute approximate surface area is 202 Å². The molecule has 1 N–H and O–H groups in total. The zero-order chi connectivity index (χ0) is 23.7. The van der Waals surface area contributed by atoms with E-state index in [2.05, 4.69) is 30.5 Å². The summed E-state index contributed by atoms with van der Waals surface area (Å²) in [5, 5.41) is 19.4. The maximum Gasteiger partial charge on any atom is 0.227 e. The number of hydrogen-bond donors (Lipinski definition) is 1. The average molecular weight is 474 g/mol. The van der Waals surface area contributed by atoms with E-state index < -0.39 is 0 Å². The molecule has 0 aliphatic carbocycles. The van der Waals surface area contributed by atoms with E-state index in [9.17, 15) is 4.79 Å². The van der Waals surface area contributed by atoms with Gasteiger partial charge in [0.25, 0.3) is 0 Å². The van der Waals surface area contributed by atoms with E-state index in [0.717, 1.165) is 65.1 Å². The highest BCUT2D eigenvalue weighted by Gasteiger charge is 2.26. The minimum Gasteiger partial charge on any atom is -0.355 e. The van der Waals surface area contributed by atoms with Crippen LogP contribution >= 0.6 is 11.3 Å². The third-order valence-corrected chi connectivity index (χ3v) is 6.87. The molecule has 1 aliphatic rings. The molecule has 0 unspecified atom stereocenters. The van der Waals surface area contributed by atoms with Gasteiger partial charge in [0.05, 0.1) is 16.4 Å². The molecule has 1 fully saturated rings. The van der Waals surface area contributed by atoms with Crippen molar-refractivity contribution in [1.29, 1.82) is 0 Å². The lowest BCUT2D eigenvalue weighted by Gasteiger charge is -2.31. The number of aromatic nitrogens is 5.